The normalized spacial score (nSPS) is 18.9. The molecule has 6 heteroatoms. The SMILES string of the molecule is CC(NC(=O)NC(C)(C)C(C)(C)C(=O)O)C1CCOCC1. The Hall–Kier alpha value is -1.30. The third-order valence-electron chi connectivity index (χ3n) is 4.86. The first-order chi connectivity index (χ1) is 9.58. The quantitative estimate of drug-likeness (QED) is 0.724. The number of urea groups is 1. The van der Waals surface area contributed by atoms with Crippen molar-refractivity contribution in [2.75, 3.05) is 13.2 Å². The molecule has 6 nitrogen and oxygen atoms in total. The Morgan fingerprint density at radius 2 is 1.71 bits per heavy atom. The molecule has 2 amide bonds. The lowest BCUT2D eigenvalue weighted by Crippen LogP contribution is -2.60. The zero-order valence-corrected chi connectivity index (χ0v) is 13.7. The van der Waals surface area contributed by atoms with Gasteiger partial charge in [-0.05, 0) is 53.4 Å². The van der Waals surface area contributed by atoms with E-state index in [1.165, 1.54) is 0 Å². The minimum atomic E-state index is -1.06. The highest BCUT2D eigenvalue weighted by molar-refractivity contribution is 5.79. The molecule has 0 aromatic heterocycles. The lowest BCUT2D eigenvalue weighted by molar-refractivity contribution is -0.150. The van der Waals surface area contributed by atoms with Gasteiger partial charge in [-0.1, -0.05) is 0 Å². The average Bonchev–Trinajstić information content (AvgIpc) is 2.38. The number of carboxylic acid groups (broad SMARTS) is 1. The molecule has 0 aromatic carbocycles. The zero-order chi connectivity index (χ0) is 16.3. The first-order valence-corrected chi connectivity index (χ1v) is 7.48. The third kappa shape index (κ3) is 4.33. The van der Waals surface area contributed by atoms with E-state index in [1.807, 2.05) is 6.92 Å². The van der Waals surface area contributed by atoms with Gasteiger partial charge in [-0.2, -0.15) is 0 Å². The van der Waals surface area contributed by atoms with Crippen LogP contribution in [0.15, 0.2) is 0 Å². The molecule has 122 valence electrons. The summed E-state index contributed by atoms with van der Waals surface area (Å²) >= 11 is 0. The number of carboxylic acids is 1. The van der Waals surface area contributed by atoms with E-state index in [1.54, 1.807) is 27.7 Å². The lowest BCUT2D eigenvalue weighted by atomic mass is 9.74. The maximum absolute atomic E-state index is 12.1. The fraction of sp³-hybridized carbons (Fsp3) is 0.867. The van der Waals surface area contributed by atoms with E-state index < -0.39 is 16.9 Å². The van der Waals surface area contributed by atoms with Gasteiger partial charge in [0.25, 0.3) is 0 Å². The number of hydrogen-bond acceptors (Lipinski definition) is 3. The second-order valence-electron chi connectivity index (χ2n) is 6.89. The monoisotopic (exact) mass is 300 g/mol. The van der Waals surface area contributed by atoms with Crippen LogP contribution < -0.4 is 10.6 Å². The molecular formula is C15H28N2O4. The fourth-order valence-electron chi connectivity index (χ4n) is 2.28. The Morgan fingerprint density at radius 1 is 1.19 bits per heavy atom. The molecule has 1 aliphatic rings. The second kappa shape index (κ2) is 6.64. The standard InChI is InChI=1S/C15H28N2O4/c1-10(11-6-8-21-9-7-11)16-13(20)17-15(4,5)14(2,3)12(18)19/h10-11H,6-9H2,1-5H3,(H,18,19)(H2,16,17,20). The van der Waals surface area contributed by atoms with Crippen LogP contribution in [0, 0.1) is 11.3 Å². The maximum atomic E-state index is 12.1. The molecule has 0 spiro atoms. The average molecular weight is 300 g/mol. The van der Waals surface area contributed by atoms with Gasteiger partial charge in [-0.25, -0.2) is 4.79 Å². The van der Waals surface area contributed by atoms with Crippen LogP contribution in [0.1, 0.15) is 47.5 Å². The Balaban J connectivity index is 2.57. The van der Waals surface area contributed by atoms with Crippen LogP contribution in [0.4, 0.5) is 4.79 Å². The van der Waals surface area contributed by atoms with Crippen molar-refractivity contribution in [2.45, 2.75) is 59.0 Å². The minimum Gasteiger partial charge on any atom is -0.481 e. The van der Waals surface area contributed by atoms with Crippen LogP contribution in [0.5, 0.6) is 0 Å². The molecule has 1 heterocycles. The van der Waals surface area contributed by atoms with Gasteiger partial charge in [0.15, 0.2) is 0 Å². The van der Waals surface area contributed by atoms with E-state index in [0.29, 0.717) is 5.92 Å². The number of nitrogens with one attached hydrogen (secondary N) is 2. The van der Waals surface area contributed by atoms with Crippen LogP contribution in [-0.4, -0.2) is 41.9 Å². The number of amides is 2. The van der Waals surface area contributed by atoms with Crippen molar-refractivity contribution in [3.05, 3.63) is 0 Å². The van der Waals surface area contributed by atoms with Crippen molar-refractivity contribution in [1.82, 2.24) is 10.6 Å². The summed E-state index contributed by atoms with van der Waals surface area (Å²) in [6, 6.07) is -0.286. The van der Waals surface area contributed by atoms with Crippen molar-refractivity contribution in [3.8, 4) is 0 Å². The molecule has 0 aliphatic carbocycles. The van der Waals surface area contributed by atoms with Crippen molar-refractivity contribution >= 4 is 12.0 Å². The summed E-state index contributed by atoms with van der Waals surface area (Å²) in [5.41, 5.74) is -1.93. The van der Waals surface area contributed by atoms with Gasteiger partial charge in [-0.3, -0.25) is 4.79 Å². The maximum Gasteiger partial charge on any atom is 0.315 e. The van der Waals surface area contributed by atoms with Gasteiger partial charge in [0.2, 0.25) is 0 Å². The Kier molecular flexibility index (Phi) is 5.61. The predicted octanol–water partition coefficient (Wildman–Crippen LogP) is 1.99. The lowest BCUT2D eigenvalue weighted by Gasteiger charge is -2.39. The van der Waals surface area contributed by atoms with Gasteiger partial charge in [0.1, 0.15) is 0 Å². The molecule has 1 aliphatic heterocycles. The summed E-state index contributed by atoms with van der Waals surface area (Å²) in [4.78, 5) is 23.5. The highest BCUT2D eigenvalue weighted by Crippen LogP contribution is 2.30. The molecule has 1 atom stereocenters. The molecule has 21 heavy (non-hydrogen) atoms. The number of carbonyl (C=O) groups excluding carboxylic acids is 1. The Bertz CT molecular complexity index is 387. The molecule has 3 N–H and O–H groups in total. The van der Waals surface area contributed by atoms with Crippen LogP contribution in [0.25, 0.3) is 0 Å². The first-order valence-electron chi connectivity index (χ1n) is 7.48. The van der Waals surface area contributed by atoms with Crippen molar-refractivity contribution in [1.29, 1.82) is 0 Å². The summed E-state index contributed by atoms with van der Waals surface area (Å²) in [5.74, 6) is -0.537. The summed E-state index contributed by atoms with van der Waals surface area (Å²) in [7, 11) is 0. The van der Waals surface area contributed by atoms with Gasteiger partial charge in [0.05, 0.1) is 11.0 Å². The Morgan fingerprint density at radius 3 is 2.19 bits per heavy atom. The first kappa shape index (κ1) is 17.8. The fourth-order valence-corrected chi connectivity index (χ4v) is 2.28. The summed E-state index contributed by atoms with van der Waals surface area (Å²) in [5, 5.41) is 15.0. The molecule has 0 saturated carbocycles. The van der Waals surface area contributed by atoms with Crippen molar-refractivity contribution in [2.24, 2.45) is 11.3 Å². The van der Waals surface area contributed by atoms with E-state index in [9.17, 15) is 14.7 Å². The summed E-state index contributed by atoms with van der Waals surface area (Å²) in [6.07, 6.45) is 1.87. The highest BCUT2D eigenvalue weighted by atomic mass is 16.5. The van der Waals surface area contributed by atoms with Crippen molar-refractivity contribution in [3.63, 3.8) is 0 Å². The van der Waals surface area contributed by atoms with Gasteiger partial charge in [-0.15, -0.1) is 0 Å². The van der Waals surface area contributed by atoms with Crippen LogP contribution in [0.2, 0.25) is 0 Å². The van der Waals surface area contributed by atoms with Crippen molar-refractivity contribution < 1.29 is 19.4 Å². The topological polar surface area (TPSA) is 87.7 Å². The molecule has 0 bridgehead atoms. The molecule has 1 fully saturated rings. The minimum absolute atomic E-state index is 0.0395. The highest BCUT2D eigenvalue weighted by Gasteiger charge is 2.44. The van der Waals surface area contributed by atoms with E-state index in [0.717, 1.165) is 26.1 Å². The number of ether oxygens (including phenoxy) is 1. The van der Waals surface area contributed by atoms with Gasteiger partial charge in [0, 0.05) is 19.3 Å². The molecular weight excluding hydrogens is 272 g/mol. The number of rotatable bonds is 5. The molecule has 1 rings (SSSR count). The summed E-state index contributed by atoms with van der Waals surface area (Å²) < 4.78 is 5.31. The van der Waals surface area contributed by atoms with E-state index >= 15 is 0 Å². The number of hydrogen-bond donors (Lipinski definition) is 3. The molecule has 0 aromatic rings. The smallest absolute Gasteiger partial charge is 0.315 e. The number of aliphatic carboxylic acids is 1. The van der Waals surface area contributed by atoms with Crippen LogP contribution >= 0.6 is 0 Å². The number of carbonyl (C=O) groups is 2. The second-order valence-corrected chi connectivity index (χ2v) is 6.89. The van der Waals surface area contributed by atoms with Gasteiger partial charge < -0.3 is 20.5 Å². The van der Waals surface area contributed by atoms with Crippen LogP contribution in [0.3, 0.4) is 0 Å². The van der Waals surface area contributed by atoms with E-state index in [-0.39, 0.29) is 12.1 Å². The molecule has 1 saturated heterocycles. The molecule has 1 unspecified atom stereocenters. The zero-order valence-electron chi connectivity index (χ0n) is 13.7. The van der Waals surface area contributed by atoms with E-state index in [4.69, 9.17) is 4.74 Å². The van der Waals surface area contributed by atoms with Gasteiger partial charge >= 0.3 is 12.0 Å². The predicted molar refractivity (Wildman–Crippen MR) is 80.2 cm³/mol. The molecule has 0 radical (unpaired) electrons. The largest absolute Gasteiger partial charge is 0.481 e. The third-order valence-corrected chi connectivity index (χ3v) is 4.86. The summed E-state index contributed by atoms with van der Waals surface area (Å²) in [6.45, 7) is 10.1. The van der Waals surface area contributed by atoms with E-state index in [2.05, 4.69) is 10.6 Å². The van der Waals surface area contributed by atoms with Crippen LogP contribution in [-0.2, 0) is 9.53 Å². The Labute approximate surface area is 126 Å².